The number of hydrogen-bond donors (Lipinski definition) is 1. The van der Waals surface area contributed by atoms with Crippen molar-refractivity contribution in [3.63, 3.8) is 0 Å². The molecule has 24 heavy (non-hydrogen) atoms. The Morgan fingerprint density at radius 1 is 1.21 bits per heavy atom. The fraction of sp³-hybridized carbons (Fsp3) is 0.579. The Hall–Kier alpha value is -2.04. The van der Waals surface area contributed by atoms with Crippen LogP contribution < -0.4 is 10.2 Å². The Morgan fingerprint density at radius 2 is 1.88 bits per heavy atom. The van der Waals surface area contributed by atoms with Gasteiger partial charge in [-0.05, 0) is 36.1 Å². The highest BCUT2D eigenvalue weighted by atomic mass is 16.2. The molecule has 0 bridgehead atoms. The Labute approximate surface area is 146 Å². The maximum Gasteiger partial charge on any atom is 0.224 e. The fourth-order valence-corrected chi connectivity index (χ4v) is 2.63. The minimum Gasteiger partial charge on any atom is -0.377 e. The van der Waals surface area contributed by atoms with E-state index in [9.17, 15) is 9.59 Å². The standard InChI is InChI=1S/C19H31N3O2/c1-7-10-22(15(4)23)13-16-12-17(8-9-18(16)21(5)6)20-19(24)11-14(2)3/h8-9,12,14H,7,10-11,13H2,1-6H3,(H,20,24). The van der Waals surface area contributed by atoms with Gasteiger partial charge >= 0.3 is 0 Å². The number of rotatable bonds is 8. The summed E-state index contributed by atoms with van der Waals surface area (Å²) in [7, 11) is 3.96. The molecule has 5 nitrogen and oxygen atoms in total. The van der Waals surface area contributed by atoms with Crippen LogP contribution in [0.4, 0.5) is 11.4 Å². The SMILES string of the molecule is CCCN(Cc1cc(NC(=O)CC(C)C)ccc1N(C)C)C(C)=O. The molecule has 0 radical (unpaired) electrons. The van der Waals surface area contributed by atoms with Crippen LogP contribution in [0.25, 0.3) is 0 Å². The van der Waals surface area contributed by atoms with Gasteiger partial charge in [-0.15, -0.1) is 0 Å². The summed E-state index contributed by atoms with van der Waals surface area (Å²) in [4.78, 5) is 27.7. The molecule has 0 aliphatic heterocycles. The van der Waals surface area contributed by atoms with Crippen molar-refractivity contribution in [2.45, 2.75) is 47.1 Å². The van der Waals surface area contributed by atoms with Crippen LogP contribution in [0.3, 0.4) is 0 Å². The molecule has 134 valence electrons. The molecule has 1 N–H and O–H groups in total. The first-order valence-corrected chi connectivity index (χ1v) is 8.60. The maximum atomic E-state index is 12.0. The molecule has 0 aliphatic carbocycles. The second-order valence-corrected chi connectivity index (χ2v) is 6.82. The van der Waals surface area contributed by atoms with Crippen molar-refractivity contribution in [1.82, 2.24) is 4.90 Å². The van der Waals surface area contributed by atoms with Gasteiger partial charge in [-0.1, -0.05) is 20.8 Å². The summed E-state index contributed by atoms with van der Waals surface area (Å²) in [5.41, 5.74) is 2.87. The molecule has 0 spiro atoms. The van der Waals surface area contributed by atoms with Gasteiger partial charge in [0.1, 0.15) is 0 Å². The number of carbonyl (C=O) groups excluding carboxylic acids is 2. The highest BCUT2D eigenvalue weighted by Gasteiger charge is 2.14. The second-order valence-electron chi connectivity index (χ2n) is 6.82. The third kappa shape index (κ3) is 6.22. The van der Waals surface area contributed by atoms with E-state index in [2.05, 4.69) is 12.2 Å². The van der Waals surface area contributed by atoms with Crippen molar-refractivity contribution in [3.8, 4) is 0 Å². The first-order chi connectivity index (χ1) is 11.2. The molecule has 0 heterocycles. The van der Waals surface area contributed by atoms with E-state index in [1.807, 2.05) is 55.9 Å². The molecule has 0 unspecified atom stereocenters. The summed E-state index contributed by atoms with van der Waals surface area (Å²) in [6.07, 6.45) is 1.42. The molecular weight excluding hydrogens is 302 g/mol. The fourth-order valence-electron chi connectivity index (χ4n) is 2.63. The van der Waals surface area contributed by atoms with Crippen LogP contribution in [0.2, 0.25) is 0 Å². The van der Waals surface area contributed by atoms with Crippen LogP contribution in [-0.2, 0) is 16.1 Å². The lowest BCUT2D eigenvalue weighted by atomic mass is 10.1. The van der Waals surface area contributed by atoms with Gasteiger partial charge < -0.3 is 15.1 Å². The molecule has 0 saturated carbocycles. The van der Waals surface area contributed by atoms with Gasteiger partial charge in [-0.25, -0.2) is 0 Å². The maximum absolute atomic E-state index is 12.0. The predicted molar refractivity (Wildman–Crippen MR) is 100 cm³/mol. The lowest BCUT2D eigenvalue weighted by Crippen LogP contribution is -2.29. The predicted octanol–water partition coefficient (Wildman–Crippen LogP) is 3.50. The van der Waals surface area contributed by atoms with Gasteiger partial charge in [0, 0.05) is 51.9 Å². The highest BCUT2D eigenvalue weighted by Crippen LogP contribution is 2.25. The Morgan fingerprint density at radius 3 is 2.38 bits per heavy atom. The summed E-state index contributed by atoms with van der Waals surface area (Å²) in [6, 6.07) is 5.87. The minimum atomic E-state index is 0.0190. The summed E-state index contributed by atoms with van der Waals surface area (Å²) in [6.45, 7) is 8.98. The lowest BCUT2D eigenvalue weighted by Gasteiger charge is -2.25. The number of hydrogen-bond acceptors (Lipinski definition) is 3. The van der Waals surface area contributed by atoms with Crippen molar-refractivity contribution in [3.05, 3.63) is 23.8 Å². The van der Waals surface area contributed by atoms with E-state index >= 15 is 0 Å². The third-order valence-electron chi connectivity index (χ3n) is 3.74. The van der Waals surface area contributed by atoms with Crippen molar-refractivity contribution in [2.75, 3.05) is 30.9 Å². The van der Waals surface area contributed by atoms with Crippen LogP contribution in [0, 0.1) is 5.92 Å². The quantitative estimate of drug-likeness (QED) is 0.792. The Kier molecular flexibility index (Phi) is 7.75. The molecule has 0 aromatic heterocycles. The van der Waals surface area contributed by atoms with Crippen molar-refractivity contribution >= 4 is 23.2 Å². The van der Waals surface area contributed by atoms with Crippen LogP contribution in [0.5, 0.6) is 0 Å². The molecule has 0 aliphatic rings. The summed E-state index contributed by atoms with van der Waals surface area (Å²) in [5, 5.41) is 2.95. The number of nitrogens with one attached hydrogen (secondary N) is 1. The van der Waals surface area contributed by atoms with E-state index in [0.29, 0.717) is 18.9 Å². The molecule has 0 atom stereocenters. The smallest absolute Gasteiger partial charge is 0.224 e. The monoisotopic (exact) mass is 333 g/mol. The summed E-state index contributed by atoms with van der Waals surface area (Å²) >= 11 is 0. The summed E-state index contributed by atoms with van der Waals surface area (Å²) in [5.74, 6) is 0.407. The van der Waals surface area contributed by atoms with Gasteiger partial charge in [0.2, 0.25) is 11.8 Å². The number of amides is 2. The first kappa shape index (κ1) is 20.0. The molecule has 0 saturated heterocycles. The number of benzene rings is 1. The van der Waals surface area contributed by atoms with Crippen molar-refractivity contribution < 1.29 is 9.59 Å². The summed E-state index contributed by atoms with van der Waals surface area (Å²) < 4.78 is 0. The van der Waals surface area contributed by atoms with E-state index in [1.54, 1.807) is 6.92 Å². The van der Waals surface area contributed by atoms with Gasteiger partial charge in [0.15, 0.2) is 0 Å². The first-order valence-electron chi connectivity index (χ1n) is 8.60. The number of carbonyl (C=O) groups is 2. The van der Waals surface area contributed by atoms with Gasteiger partial charge in [0.05, 0.1) is 0 Å². The average molecular weight is 333 g/mol. The molecule has 1 aromatic carbocycles. The van der Waals surface area contributed by atoms with Gasteiger partial charge in [-0.2, -0.15) is 0 Å². The third-order valence-corrected chi connectivity index (χ3v) is 3.74. The van der Waals surface area contributed by atoms with Crippen molar-refractivity contribution in [1.29, 1.82) is 0 Å². The topological polar surface area (TPSA) is 52.7 Å². The number of anilines is 2. The lowest BCUT2D eigenvalue weighted by molar-refractivity contribution is -0.129. The molecular formula is C19H31N3O2. The molecule has 1 aromatic rings. The zero-order chi connectivity index (χ0) is 18.3. The van der Waals surface area contributed by atoms with Crippen LogP contribution in [0.15, 0.2) is 18.2 Å². The Bertz CT molecular complexity index is 568. The molecule has 0 fully saturated rings. The van der Waals surface area contributed by atoms with Gasteiger partial charge in [0.25, 0.3) is 0 Å². The van der Waals surface area contributed by atoms with Crippen LogP contribution >= 0.6 is 0 Å². The zero-order valence-corrected chi connectivity index (χ0v) is 15.8. The largest absolute Gasteiger partial charge is 0.377 e. The van der Waals surface area contributed by atoms with E-state index in [0.717, 1.165) is 29.9 Å². The normalized spacial score (nSPS) is 10.6. The van der Waals surface area contributed by atoms with E-state index < -0.39 is 0 Å². The average Bonchev–Trinajstić information content (AvgIpc) is 2.45. The van der Waals surface area contributed by atoms with E-state index in [1.165, 1.54) is 0 Å². The molecule has 1 rings (SSSR count). The Balaban J connectivity index is 3.03. The second kappa shape index (κ2) is 9.30. The van der Waals surface area contributed by atoms with Crippen LogP contribution in [0.1, 0.15) is 46.1 Å². The number of nitrogens with zero attached hydrogens (tertiary/aromatic N) is 2. The molecule has 2 amide bonds. The zero-order valence-electron chi connectivity index (χ0n) is 15.8. The van der Waals surface area contributed by atoms with Crippen molar-refractivity contribution in [2.24, 2.45) is 5.92 Å². The van der Waals surface area contributed by atoms with E-state index in [4.69, 9.17) is 0 Å². The highest BCUT2D eigenvalue weighted by molar-refractivity contribution is 5.91. The van der Waals surface area contributed by atoms with Gasteiger partial charge in [-0.3, -0.25) is 9.59 Å². The minimum absolute atomic E-state index is 0.0190. The van der Waals surface area contributed by atoms with Crippen LogP contribution in [-0.4, -0.2) is 37.4 Å². The molecule has 5 heteroatoms. The van der Waals surface area contributed by atoms with E-state index in [-0.39, 0.29) is 11.8 Å².